The highest BCUT2D eigenvalue weighted by Crippen LogP contribution is 2.25. The molecule has 10 heteroatoms. The quantitative estimate of drug-likeness (QED) is 0.449. The van der Waals surface area contributed by atoms with Gasteiger partial charge in [-0.25, -0.2) is 19.9 Å². The maximum absolute atomic E-state index is 11.0. The van der Waals surface area contributed by atoms with Crippen molar-refractivity contribution in [2.45, 2.75) is 37.8 Å². The number of nitrogens with one attached hydrogen (secondary N) is 2. The van der Waals surface area contributed by atoms with Gasteiger partial charge in [0.1, 0.15) is 17.4 Å². The van der Waals surface area contributed by atoms with E-state index in [4.69, 9.17) is 0 Å². The Kier molecular flexibility index (Phi) is 4.94. The number of non-ortho nitro benzene ring substituents is 1. The normalized spacial score (nSPS) is 19.3. The van der Waals surface area contributed by atoms with Crippen LogP contribution in [0.5, 0.6) is 0 Å². The van der Waals surface area contributed by atoms with Crippen molar-refractivity contribution in [3.05, 3.63) is 46.9 Å². The Morgan fingerprint density at radius 2 is 1.96 bits per heavy atom. The van der Waals surface area contributed by atoms with Gasteiger partial charge >= 0.3 is 0 Å². The van der Waals surface area contributed by atoms with Gasteiger partial charge < -0.3 is 15.7 Å². The van der Waals surface area contributed by atoms with E-state index in [0.717, 1.165) is 25.7 Å². The molecule has 28 heavy (non-hydrogen) atoms. The van der Waals surface area contributed by atoms with Crippen LogP contribution in [0.25, 0.3) is 11.0 Å². The van der Waals surface area contributed by atoms with Crippen molar-refractivity contribution >= 4 is 34.2 Å². The minimum absolute atomic E-state index is 0.0140. The molecule has 0 spiro atoms. The number of rotatable bonds is 5. The van der Waals surface area contributed by atoms with E-state index in [1.807, 2.05) is 0 Å². The lowest BCUT2D eigenvalue weighted by Gasteiger charge is -2.26. The van der Waals surface area contributed by atoms with Crippen LogP contribution in [0.3, 0.4) is 0 Å². The zero-order chi connectivity index (χ0) is 19.5. The molecule has 0 radical (unpaired) electrons. The highest BCUT2D eigenvalue weighted by atomic mass is 16.6. The molecule has 4 rings (SSSR count). The standard InChI is InChI=1S/C18H19N7O3/c26-14-6-4-11(5-7-14)23-18-19-9-15-16(24-18)17(21-10-20-15)22-12-2-1-3-13(8-12)25(27)28/h1-3,8-11,14,26H,4-7H2,(H,19,23,24)(H,20,21,22)/t11-,14+. The molecule has 0 saturated heterocycles. The fourth-order valence-corrected chi connectivity index (χ4v) is 3.25. The van der Waals surface area contributed by atoms with Gasteiger partial charge in [0.25, 0.3) is 5.69 Å². The molecule has 1 aliphatic carbocycles. The van der Waals surface area contributed by atoms with Crippen LogP contribution in [-0.4, -0.2) is 42.1 Å². The van der Waals surface area contributed by atoms with Gasteiger partial charge in [-0.1, -0.05) is 6.07 Å². The van der Waals surface area contributed by atoms with Crippen molar-refractivity contribution in [3.63, 3.8) is 0 Å². The molecule has 0 aliphatic heterocycles. The van der Waals surface area contributed by atoms with Crippen LogP contribution in [0.1, 0.15) is 25.7 Å². The summed E-state index contributed by atoms with van der Waals surface area (Å²) in [7, 11) is 0. The molecule has 1 fully saturated rings. The van der Waals surface area contributed by atoms with Gasteiger partial charge in [-0.3, -0.25) is 10.1 Å². The first-order chi connectivity index (χ1) is 13.6. The number of fused-ring (bicyclic) bond motifs is 1. The zero-order valence-electron chi connectivity index (χ0n) is 14.9. The number of hydrogen-bond acceptors (Lipinski definition) is 9. The van der Waals surface area contributed by atoms with Gasteiger partial charge in [0.2, 0.25) is 5.95 Å². The number of aliphatic hydroxyl groups is 1. The molecular weight excluding hydrogens is 362 g/mol. The summed E-state index contributed by atoms with van der Waals surface area (Å²) in [5.41, 5.74) is 1.60. The largest absolute Gasteiger partial charge is 0.393 e. The third-order valence-corrected chi connectivity index (χ3v) is 4.73. The molecule has 3 N–H and O–H groups in total. The lowest BCUT2D eigenvalue weighted by atomic mass is 9.93. The molecule has 0 amide bonds. The van der Waals surface area contributed by atoms with Crippen molar-refractivity contribution in [2.75, 3.05) is 10.6 Å². The summed E-state index contributed by atoms with van der Waals surface area (Å²) < 4.78 is 0. The van der Waals surface area contributed by atoms with Crippen LogP contribution < -0.4 is 10.6 Å². The number of aliphatic hydroxyl groups excluding tert-OH is 1. The van der Waals surface area contributed by atoms with E-state index >= 15 is 0 Å². The predicted molar refractivity (Wildman–Crippen MR) is 103 cm³/mol. The van der Waals surface area contributed by atoms with Gasteiger partial charge in [0, 0.05) is 23.9 Å². The lowest BCUT2D eigenvalue weighted by Crippen LogP contribution is -2.28. The number of nitrogens with zero attached hydrogens (tertiary/aromatic N) is 5. The van der Waals surface area contributed by atoms with Crippen molar-refractivity contribution in [2.24, 2.45) is 0 Å². The van der Waals surface area contributed by atoms with Gasteiger partial charge in [-0.15, -0.1) is 0 Å². The SMILES string of the molecule is O=[N+]([O-])c1cccc(Nc2ncnc3cnc(N[C@H]4CC[C@@H](O)CC4)nc23)c1. The summed E-state index contributed by atoms with van der Waals surface area (Å²) in [6.45, 7) is 0. The monoisotopic (exact) mass is 381 g/mol. The molecule has 144 valence electrons. The average molecular weight is 381 g/mol. The van der Waals surface area contributed by atoms with Gasteiger partial charge in [0.15, 0.2) is 5.82 Å². The number of aromatic nitrogens is 4. The van der Waals surface area contributed by atoms with Gasteiger partial charge in [-0.05, 0) is 31.7 Å². The van der Waals surface area contributed by atoms with Crippen LogP contribution in [-0.2, 0) is 0 Å². The maximum atomic E-state index is 11.0. The highest BCUT2D eigenvalue weighted by molar-refractivity contribution is 5.87. The van der Waals surface area contributed by atoms with E-state index in [9.17, 15) is 15.2 Å². The summed E-state index contributed by atoms with van der Waals surface area (Å²) >= 11 is 0. The number of hydrogen-bond donors (Lipinski definition) is 3. The van der Waals surface area contributed by atoms with Crippen LogP contribution in [0.15, 0.2) is 36.8 Å². The second kappa shape index (κ2) is 7.69. The first-order valence-corrected chi connectivity index (χ1v) is 9.02. The molecule has 1 saturated carbocycles. The Bertz CT molecular complexity index is 1010. The molecule has 0 unspecified atom stereocenters. The Hall–Kier alpha value is -3.40. The smallest absolute Gasteiger partial charge is 0.271 e. The average Bonchev–Trinajstić information content (AvgIpc) is 2.70. The molecule has 1 aliphatic rings. The van der Waals surface area contributed by atoms with E-state index in [-0.39, 0.29) is 17.8 Å². The fourth-order valence-electron chi connectivity index (χ4n) is 3.25. The van der Waals surface area contributed by atoms with Crippen LogP contribution >= 0.6 is 0 Å². The summed E-state index contributed by atoms with van der Waals surface area (Å²) in [6.07, 6.45) is 6.00. The molecular formula is C18H19N7O3. The molecule has 3 aromatic rings. The molecule has 0 atom stereocenters. The molecule has 0 bridgehead atoms. The number of anilines is 3. The topological polar surface area (TPSA) is 139 Å². The van der Waals surface area contributed by atoms with Crippen molar-refractivity contribution < 1.29 is 10.0 Å². The van der Waals surface area contributed by atoms with Crippen molar-refractivity contribution in [1.82, 2.24) is 19.9 Å². The molecule has 1 aromatic carbocycles. The Balaban J connectivity index is 1.60. The first kappa shape index (κ1) is 18.0. The second-order valence-electron chi connectivity index (χ2n) is 6.73. The van der Waals surface area contributed by atoms with E-state index in [0.29, 0.717) is 28.5 Å². The Labute approximate surface area is 160 Å². The number of benzene rings is 1. The summed E-state index contributed by atoms with van der Waals surface area (Å²) in [5, 5.41) is 27.0. The molecule has 10 nitrogen and oxygen atoms in total. The minimum Gasteiger partial charge on any atom is -0.393 e. The van der Waals surface area contributed by atoms with Gasteiger partial charge in [0.05, 0.1) is 17.2 Å². The summed E-state index contributed by atoms with van der Waals surface area (Å²) in [6, 6.07) is 6.38. The Morgan fingerprint density at radius 1 is 1.14 bits per heavy atom. The number of nitro groups is 1. The maximum Gasteiger partial charge on any atom is 0.271 e. The zero-order valence-corrected chi connectivity index (χ0v) is 14.9. The molecule has 2 heterocycles. The lowest BCUT2D eigenvalue weighted by molar-refractivity contribution is -0.384. The van der Waals surface area contributed by atoms with Crippen LogP contribution in [0.4, 0.5) is 23.1 Å². The van der Waals surface area contributed by atoms with E-state index in [2.05, 4.69) is 30.6 Å². The highest BCUT2D eigenvalue weighted by Gasteiger charge is 2.20. The number of nitro benzene ring substituents is 1. The van der Waals surface area contributed by atoms with Crippen molar-refractivity contribution in [1.29, 1.82) is 0 Å². The van der Waals surface area contributed by atoms with Gasteiger partial charge in [-0.2, -0.15) is 0 Å². The Morgan fingerprint density at radius 3 is 2.75 bits per heavy atom. The first-order valence-electron chi connectivity index (χ1n) is 9.02. The van der Waals surface area contributed by atoms with E-state index in [1.54, 1.807) is 18.3 Å². The van der Waals surface area contributed by atoms with Crippen LogP contribution in [0, 0.1) is 10.1 Å². The van der Waals surface area contributed by atoms with E-state index in [1.165, 1.54) is 18.5 Å². The third kappa shape index (κ3) is 3.96. The third-order valence-electron chi connectivity index (χ3n) is 4.73. The fraction of sp³-hybridized carbons (Fsp3) is 0.333. The van der Waals surface area contributed by atoms with Crippen LogP contribution in [0.2, 0.25) is 0 Å². The predicted octanol–water partition coefficient (Wildman–Crippen LogP) is 2.79. The molecule has 2 aromatic heterocycles. The summed E-state index contributed by atoms with van der Waals surface area (Å²) in [5.74, 6) is 0.904. The second-order valence-corrected chi connectivity index (χ2v) is 6.73. The minimum atomic E-state index is -0.450. The van der Waals surface area contributed by atoms with Crippen molar-refractivity contribution in [3.8, 4) is 0 Å². The van der Waals surface area contributed by atoms with E-state index < -0.39 is 4.92 Å². The summed E-state index contributed by atoms with van der Waals surface area (Å²) in [4.78, 5) is 27.8.